The number of carbonyl (C=O) groups excluding carboxylic acids is 1. The molecule has 0 amide bonds. The summed E-state index contributed by atoms with van der Waals surface area (Å²) >= 11 is 2.05. The predicted molar refractivity (Wildman–Crippen MR) is 60.1 cm³/mol. The largest absolute Gasteiger partial charge is 0.448 e. The lowest BCUT2D eigenvalue weighted by Crippen LogP contribution is -2.10. The van der Waals surface area contributed by atoms with Crippen LogP contribution in [0.15, 0.2) is 24.3 Å². The van der Waals surface area contributed by atoms with E-state index in [1.54, 1.807) is 6.07 Å². The van der Waals surface area contributed by atoms with E-state index >= 15 is 0 Å². The molecule has 0 aliphatic heterocycles. The minimum Gasteiger partial charge on any atom is -0.448 e. The Kier molecular flexibility index (Phi) is 3.71. The molecule has 0 aliphatic rings. The minimum absolute atomic E-state index is 0.0929. The van der Waals surface area contributed by atoms with Gasteiger partial charge in [-0.3, -0.25) is 0 Å². The molecule has 3 heteroatoms. The van der Waals surface area contributed by atoms with Crippen LogP contribution in [-0.4, -0.2) is 10.1 Å². The van der Waals surface area contributed by atoms with Crippen molar-refractivity contribution in [2.45, 2.75) is 18.0 Å². The number of hydrogen-bond acceptors (Lipinski definition) is 2. The average Bonchev–Trinajstić information content (AvgIpc) is 2.03. The van der Waals surface area contributed by atoms with Crippen molar-refractivity contribution in [2.24, 2.45) is 0 Å². The number of carbonyl (C=O) groups is 1. The second-order valence-corrected chi connectivity index (χ2v) is 4.52. The highest BCUT2D eigenvalue weighted by Gasteiger charge is 2.11. The Morgan fingerprint density at radius 3 is 2.62 bits per heavy atom. The van der Waals surface area contributed by atoms with Crippen molar-refractivity contribution in [1.29, 1.82) is 0 Å². The summed E-state index contributed by atoms with van der Waals surface area (Å²) in [7, 11) is 0. The molecule has 2 nitrogen and oxygen atoms in total. The summed E-state index contributed by atoms with van der Waals surface area (Å²) in [5.74, 6) is -0.250. The zero-order valence-electron chi connectivity index (χ0n) is 7.58. The van der Waals surface area contributed by atoms with Crippen LogP contribution in [0.1, 0.15) is 22.8 Å². The average molecular weight is 290 g/mol. The SMILES string of the molecule is Cc1ccccc1C(=O)OC(C)I. The number of halogens is 1. The molecule has 0 aromatic heterocycles. The molecule has 70 valence electrons. The lowest BCUT2D eigenvalue weighted by atomic mass is 10.1. The maximum atomic E-state index is 11.4. The van der Waals surface area contributed by atoms with Crippen molar-refractivity contribution in [3.63, 3.8) is 0 Å². The maximum Gasteiger partial charge on any atom is 0.339 e. The van der Waals surface area contributed by atoms with Crippen molar-refractivity contribution in [1.82, 2.24) is 0 Å². The van der Waals surface area contributed by atoms with E-state index in [2.05, 4.69) is 22.6 Å². The molecular weight excluding hydrogens is 279 g/mol. The Hall–Kier alpha value is -0.580. The van der Waals surface area contributed by atoms with Crippen LogP contribution >= 0.6 is 22.6 Å². The van der Waals surface area contributed by atoms with Crippen LogP contribution in [0.4, 0.5) is 0 Å². The molecule has 1 rings (SSSR count). The van der Waals surface area contributed by atoms with Gasteiger partial charge in [0.05, 0.1) is 5.56 Å². The smallest absolute Gasteiger partial charge is 0.339 e. The first-order valence-electron chi connectivity index (χ1n) is 4.02. The molecule has 0 radical (unpaired) electrons. The molecule has 0 N–H and O–H groups in total. The molecule has 0 aliphatic carbocycles. The molecule has 1 aromatic carbocycles. The van der Waals surface area contributed by atoms with E-state index in [0.717, 1.165) is 5.56 Å². The maximum absolute atomic E-state index is 11.4. The monoisotopic (exact) mass is 290 g/mol. The number of esters is 1. The standard InChI is InChI=1S/C10H11IO2/c1-7-5-3-4-6-9(7)10(12)13-8(2)11/h3-6,8H,1-2H3. The molecule has 0 saturated heterocycles. The van der Waals surface area contributed by atoms with E-state index in [-0.39, 0.29) is 10.1 Å². The van der Waals surface area contributed by atoms with Crippen LogP contribution in [-0.2, 0) is 4.74 Å². The van der Waals surface area contributed by atoms with Crippen LogP contribution in [0.2, 0.25) is 0 Å². The minimum atomic E-state index is -0.250. The molecule has 1 aromatic rings. The van der Waals surface area contributed by atoms with Gasteiger partial charge in [-0.05, 0) is 48.1 Å². The third-order valence-corrected chi connectivity index (χ3v) is 1.89. The first-order valence-corrected chi connectivity index (χ1v) is 5.26. The fourth-order valence-electron chi connectivity index (χ4n) is 1.01. The predicted octanol–water partition coefficient (Wildman–Crippen LogP) is 2.93. The van der Waals surface area contributed by atoms with Gasteiger partial charge in [0, 0.05) is 0 Å². The zero-order chi connectivity index (χ0) is 9.84. The number of rotatable bonds is 2. The summed E-state index contributed by atoms with van der Waals surface area (Å²) in [6.07, 6.45) is 0. The van der Waals surface area contributed by atoms with Gasteiger partial charge in [0.15, 0.2) is 0 Å². The fourth-order valence-corrected chi connectivity index (χ4v) is 1.24. The van der Waals surface area contributed by atoms with Gasteiger partial charge in [-0.2, -0.15) is 0 Å². The molecule has 1 atom stereocenters. The summed E-state index contributed by atoms with van der Waals surface area (Å²) in [4.78, 5) is 11.4. The highest BCUT2D eigenvalue weighted by molar-refractivity contribution is 14.1. The van der Waals surface area contributed by atoms with Gasteiger partial charge >= 0.3 is 5.97 Å². The van der Waals surface area contributed by atoms with E-state index in [0.29, 0.717) is 5.56 Å². The molecule has 0 heterocycles. The van der Waals surface area contributed by atoms with Gasteiger partial charge in [0.2, 0.25) is 0 Å². The van der Waals surface area contributed by atoms with E-state index in [1.165, 1.54) is 0 Å². The number of ether oxygens (including phenoxy) is 1. The highest BCUT2D eigenvalue weighted by atomic mass is 127. The number of benzene rings is 1. The van der Waals surface area contributed by atoms with Crippen LogP contribution in [0.5, 0.6) is 0 Å². The lowest BCUT2D eigenvalue weighted by Gasteiger charge is -2.07. The Morgan fingerprint density at radius 2 is 2.08 bits per heavy atom. The van der Waals surface area contributed by atoms with Gasteiger partial charge in [-0.25, -0.2) is 4.79 Å². The molecule has 0 spiro atoms. The van der Waals surface area contributed by atoms with Crippen molar-refractivity contribution in [3.8, 4) is 0 Å². The summed E-state index contributed by atoms with van der Waals surface area (Å²) in [6, 6.07) is 7.41. The van der Waals surface area contributed by atoms with Gasteiger partial charge in [-0.15, -0.1) is 0 Å². The highest BCUT2D eigenvalue weighted by Crippen LogP contribution is 2.11. The van der Waals surface area contributed by atoms with Crippen LogP contribution < -0.4 is 0 Å². The molecule has 0 saturated carbocycles. The number of aryl methyl sites for hydroxylation is 1. The fraction of sp³-hybridized carbons (Fsp3) is 0.300. The van der Waals surface area contributed by atoms with E-state index in [9.17, 15) is 4.79 Å². The second kappa shape index (κ2) is 4.60. The van der Waals surface area contributed by atoms with Crippen molar-refractivity contribution >= 4 is 28.6 Å². The van der Waals surface area contributed by atoms with Crippen molar-refractivity contribution in [3.05, 3.63) is 35.4 Å². The van der Waals surface area contributed by atoms with Gasteiger partial charge in [-0.1, -0.05) is 18.2 Å². The topological polar surface area (TPSA) is 26.3 Å². The van der Waals surface area contributed by atoms with Crippen LogP contribution in [0.3, 0.4) is 0 Å². The van der Waals surface area contributed by atoms with Crippen molar-refractivity contribution < 1.29 is 9.53 Å². The lowest BCUT2D eigenvalue weighted by molar-refractivity contribution is 0.0501. The summed E-state index contributed by atoms with van der Waals surface area (Å²) in [5.41, 5.74) is 1.59. The third-order valence-electron chi connectivity index (χ3n) is 1.63. The van der Waals surface area contributed by atoms with Gasteiger partial charge in [0.25, 0.3) is 0 Å². The van der Waals surface area contributed by atoms with E-state index in [1.807, 2.05) is 32.0 Å². The Balaban J connectivity index is 2.83. The quantitative estimate of drug-likeness (QED) is 0.475. The first kappa shape index (κ1) is 10.5. The Morgan fingerprint density at radius 1 is 1.46 bits per heavy atom. The van der Waals surface area contributed by atoms with Gasteiger partial charge < -0.3 is 4.74 Å². The first-order chi connectivity index (χ1) is 6.11. The molecule has 13 heavy (non-hydrogen) atoms. The van der Waals surface area contributed by atoms with E-state index < -0.39 is 0 Å². The second-order valence-electron chi connectivity index (χ2n) is 2.76. The molecule has 0 fully saturated rings. The van der Waals surface area contributed by atoms with Crippen LogP contribution in [0.25, 0.3) is 0 Å². The normalized spacial score (nSPS) is 12.2. The van der Waals surface area contributed by atoms with Crippen LogP contribution in [0, 0.1) is 6.92 Å². The molecule has 1 unspecified atom stereocenters. The molecular formula is C10H11IO2. The van der Waals surface area contributed by atoms with E-state index in [4.69, 9.17) is 4.74 Å². The number of alkyl halides is 1. The number of hydrogen-bond donors (Lipinski definition) is 0. The summed E-state index contributed by atoms with van der Waals surface area (Å²) in [6.45, 7) is 3.73. The van der Waals surface area contributed by atoms with Gasteiger partial charge in [0.1, 0.15) is 4.11 Å². The summed E-state index contributed by atoms with van der Waals surface area (Å²) in [5, 5.41) is 0. The zero-order valence-corrected chi connectivity index (χ0v) is 9.74. The summed E-state index contributed by atoms with van der Waals surface area (Å²) < 4.78 is 4.97. The molecule has 0 bridgehead atoms. The van der Waals surface area contributed by atoms with Crippen molar-refractivity contribution in [2.75, 3.05) is 0 Å². The Labute approximate surface area is 91.4 Å². The Bertz CT molecular complexity index is 308. The third kappa shape index (κ3) is 2.99.